The Morgan fingerprint density at radius 3 is 2.18 bits per heavy atom. The highest BCUT2D eigenvalue weighted by Gasteiger charge is 2.53. The van der Waals surface area contributed by atoms with Crippen LogP contribution in [0.3, 0.4) is 0 Å². The monoisotopic (exact) mass is 544 g/mol. The number of amides is 2. The Labute approximate surface area is 218 Å². The van der Waals surface area contributed by atoms with Crippen LogP contribution >= 0.6 is 0 Å². The number of hydrogen-bond acceptors (Lipinski definition) is 5. The third-order valence-electron chi connectivity index (χ3n) is 6.87. The van der Waals surface area contributed by atoms with Crippen LogP contribution in [0.2, 0.25) is 0 Å². The second kappa shape index (κ2) is 11.4. The van der Waals surface area contributed by atoms with E-state index in [0.717, 1.165) is 12.1 Å². The van der Waals surface area contributed by atoms with Crippen molar-refractivity contribution >= 4 is 12.0 Å². The molecule has 3 rings (SSSR count). The summed E-state index contributed by atoms with van der Waals surface area (Å²) in [7, 11) is 0. The largest absolute Gasteiger partial charge is 0.444 e. The summed E-state index contributed by atoms with van der Waals surface area (Å²) < 4.78 is 70.2. The number of alkyl halides is 5. The van der Waals surface area contributed by atoms with Crippen molar-refractivity contribution in [3.8, 4) is 6.07 Å². The number of halogens is 5. The minimum atomic E-state index is -4.52. The van der Waals surface area contributed by atoms with E-state index in [1.54, 1.807) is 20.8 Å². The lowest BCUT2D eigenvalue weighted by molar-refractivity contribution is -0.142. The summed E-state index contributed by atoms with van der Waals surface area (Å²) in [6.45, 7) is 4.52. The first-order valence-corrected chi connectivity index (χ1v) is 12.5. The van der Waals surface area contributed by atoms with Crippen LogP contribution in [-0.2, 0) is 22.3 Å². The second-order valence-electron chi connectivity index (χ2n) is 11.0. The molecule has 1 saturated carbocycles. The molecule has 1 heterocycles. The minimum absolute atomic E-state index is 0.121. The van der Waals surface area contributed by atoms with E-state index in [2.05, 4.69) is 11.4 Å². The Kier molecular flexibility index (Phi) is 8.91. The maximum atomic E-state index is 13.4. The van der Waals surface area contributed by atoms with Crippen LogP contribution in [0.4, 0.5) is 26.7 Å². The van der Waals surface area contributed by atoms with E-state index in [-0.39, 0.29) is 32.2 Å². The summed E-state index contributed by atoms with van der Waals surface area (Å²) in [6, 6.07) is 6.29. The molecule has 38 heavy (non-hydrogen) atoms. The fraction of sp³-hybridized carbons (Fsp3) is 0.654. The van der Waals surface area contributed by atoms with Crippen LogP contribution < -0.4 is 5.32 Å². The van der Waals surface area contributed by atoms with Crippen molar-refractivity contribution < 1.29 is 36.3 Å². The lowest BCUT2D eigenvalue weighted by Gasteiger charge is -2.51. The number of likely N-dealkylation sites (tertiary alicyclic amines) is 1. The van der Waals surface area contributed by atoms with Gasteiger partial charge in [-0.15, -0.1) is 0 Å². The summed E-state index contributed by atoms with van der Waals surface area (Å²) in [5.74, 6) is -1.14. The summed E-state index contributed by atoms with van der Waals surface area (Å²) in [5, 5.41) is 13.1. The molecule has 2 aliphatic rings. The maximum absolute atomic E-state index is 13.4. The number of benzene rings is 1. The smallest absolute Gasteiger partial charge is 0.416 e. The summed E-state index contributed by atoms with van der Waals surface area (Å²) in [5.41, 5.74) is -2.61. The van der Waals surface area contributed by atoms with Crippen LogP contribution in [0, 0.1) is 17.2 Å². The van der Waals surface area contributed by atoms with E-state index < -0.39 is 47.2 Å². The predicted molar refractivity (Wildman–Crippen MR) is 128 cm³/mol. The van der Waals surface area contributed by atoms with Gasteiger partial charge >= 0.3 is 12.3 Å². The number of carbonyl (C=O) groups excluding carboxylic acids is 2. The Balaban J connectivity index is 1.73. The van der Waals surface area contributed by atoms with Gasteiger partial charge in [0.25, 0.3) is 0 Å². The quantitative estimate of drug-likeness (QED) is 0.491. The number of nitrogens with zero attached hydrogens (tertiary/aromatic N) is 3. The molecule has 1 N–H and O–H groups in total. The maximum Gasteiger partial charge on any atom is 0.416 e. The molecule has 0 atom stereocenters. The standard InChI is InChI=1S/C26H33F5N4O3/c1-24(2,3)38-23(37)34-15-25(14-32,16-34)35(13-17-4-8-19(9-5-17)26(29,30)31)21(36)12-33-20-10-6-18(7-11-20)22(27)28/h4-5,8-9,18,20,22,33H,6-7,10-13,15-16H2,1-3H3. The van der Waals surface area contributed by atoms with Crippen molar-refractivity contribution in [2.45, 2.75) is 82.8 Å². The number of ether oxygens (including phenoxy) is 1. The fourth-order valence-corrected chi connectivity index (χ4v) is 4.70. The molecule has 0 unspecified atom stereocenters. The molecule has 0 bridgehead atoms. The average molecular weight is 545 g/mol. The number of nitrogens with one attached hydrogen (secondary N) is 1. The zero-order valence-electron chi connectivity index (χ0n) is 21.7. The molecule has 0 aromatic heterocycles. The van der Waals surface area contributed by atoms with Gasteiger partial charge in [-0.3, -0.25) is 4.79 Å². The van der Waals surface area contributed by atoms with Crippen molar-refractivity contribution in [1.29, 1.82) is 5.26 Å². The molecular formula is C26H33F5N4O3. The molecule has 7 nitrogen and oxygen atoms in total. The zero-order valence-corrected chi connectivity index (χ0v) is 21.7. The van der Waals surface area contributed by atoms with Crippen LogP contribution in [0.15, 0.2) is 24.3 Å². The number of carbonyl (C=O) groups is 2. The second-order valence-corrected chi connectivity index (χ2v) is 11.0. The van der Waals surface area contributed by atoms with E-state index >= 15 is 0 Å². The van der Waals surface area contributed by atoms with Gasteiger partial charge in [0.1, 0.15) is 5.60 Å². The van der Waals surface area contributed by atoms with E-state index in [9.17, 15) is 36.8 Å². The van der Waals surface area contributed by atoms with Crippen molar-refractivity contribution in [2.75, 3.05) is 19.6 Å². The summed E-state index contributed by atoms with van der Waals surface area (Å²) in [4.78, 5) is 28.4. The zero-order chi connectivity index (χ0) is 28.3. The Morgan fingerprint density at radius 2 is 1.71 bits per heavy atom. The van der Waals surface area contributed by atoms with E-state index in [4.69, 9.17) is 4.74 Å². The van der Waals surface area contributed by atoms with E-state index in [1.165, 1.54) is 21.9 Å². The Morgan fingerprint density at radius 1 is 1.13 bits per heavy atom. The molecule has 1 saturated heterocycles. The molecule has 210 valence electrons. The summed E-state index contributed by atoms with van der Waals surface area (Å²) >= 11 is 0. The highest BCUT2D eigenvalue weighted by molar-refractivity contribution is 5.81. The van der Waals surface area contributed by atoms with Gasteiger partial charge in [0.15, 0.2) is 5.54 Å². The van der Waals surface area contributed by atoms with Crippen molar-refractivity contribution in [1.82, 2.24) is 15.1 Å². The number of rotatable bonds is 7. The van der Waals surface area contributed by atoms with Crippen LogP contribution in [-0.4, -0.2) is 65.0 Å². The third-order valence-corrected chi connectivity index (χ3v) is 6.87. The van der Waals surface area contributed by atoms with Crippen LogP contribution in [0.5, 0.6) is 0 Å². The molecule has 1 aromatic carbocycles. The molecule has 0 radical (unpaired) electrons. The van der Waals surface area contributed by atoms with Crippen LogP contribution in [0.25, 0.3) is 0 Å². The molecular weight excluding hydrogens is 511 g/mol. The molecule has 1 aliphatic carbocycles. The number of hydrogen-bond donors (Lipinski definition) is 1. The van der Waals surface area contributed by atoms with Gasteiger partial charge in [-0.05, 0) is 64.2 Å². The normalized spacial score (nSPS) is 21.4. The Hall–Kier alpha value is -2.94. The van der Waals surface area contributed by atoms with Crippen LogP contribution in [0.1, 0.15) is 57.6 Å². The van der Waals surface area contributed by atoms with Gasteiger partial charge in [-0.1, -0.05) is 12.1 Å². The molecule has 2 amide bonds. The predicted octanol–water partition coefficient (Wildman–Crippen LogP) is 4.96. The lowest BCUT2D eigenvalue weighted by atomic mass is 9.86. The molecule has 2 fully saturated rings. The lowest BCUT2D eigenvalue weighted by Crippen LogP contribution is -2.72. The third kappa shape index (κ3) is 7.34. The average Bonchev–Trinajstić information content (AvgIpc) is 2.80. The van der Waals surface area contributed by atoms with Crippen molar-refractivity contribution in [3.05, 3.63) is 35.4 Å². The van der Waals surface area contributed by atoms with Gasteiger partial charge in [-0.25, -0.2) is 13.6 Å². The Bertz CT molecular complexity index is 1020. The first-order chi connectivity index (χ1) is 17.6. The first kappa shape index (κ1) is 29.6. The van der Waals surface area contributed by atoms with Gasteiger partial charge in [0, 0.05) is 18.5 Å². The molecule has 1 aliphatic heterocycles. The van der Waals surface area contributed by atoms with Crippen molar-refractivity contribution in [3.63, 3.8) is 0 Å². The fourth-order valence-electron chi connectivity index (χ4n) is 4.70. The molecule has 0 spiro atoms. The minimum Gasteiger partial charge on any atom is -0.444 e. The highest BCUT2D eigenvalue weighted by atomic mass is 19.4. The van der Waals surface area contributed by atoms with Gasteiger partial charge in [0.2, 0.25) is 12.3 Å². The molecule has 12 heteroatoms. The number of nitriles is 1. The van der Waals surface area contributed by atoms with E-state index in [1.807, 2.05) is 0 Å². The first-order valence-electron chi connectivity index (χ1n) is 12.5. The van der Waals surface area contributed by atoms with Crippen molar-refractivity contribution in [2.24, 2.45) is 5.92 Å². The summed E-state index contributed by atoms with van der Waals surface area (Å²) in [6.07, 6.45) is -5.89. The topological polar surface area (TPSA) is 85.7 Å². The highest BCUT2D eigenvalue weighted by Crippen LogP contribution is 2.33. The van der Waals surface area contributed by atoms with Gasteiger partial charge in [-0.2, -0.15) is 18.4 Å². The van der Waals surface area contributed by atoms with E-state index in [0.29, 0.717) is 31.2 Å². The molecule has 1 aromatic rings. The SMILES string of the molecule is CC(C)(C)OC(=O)N1CC(C#N)(N(Cc2ccc(C(F)(F)F)cc2)C(=O)CNC2CCC(C(F)F)CC2)C1. The van der Waals surface area contributed by atoms with Gasteiger partial charge in [0.05, 0.1) is 31.3 Å². The van der Waals surface area contributed by atoms with Gasteiger partial charge < -0.3 is 19.9 Å².